The molecule has 0 saturated carbocycles. The number of carbonyl (C=O) groups excluding carboxylic acids is 4. The summed E-state index contributed by atoms with van der Waals surface area (Å²) in [5.74, 6) is -3.77. The van der Waals surface area contributed by atoms with Crippen molar-refractivity contribution in [2.24, 2.45) is 11.8 Å². The Bertz CT molecular complexity index is 1650. The number of nitro benzene ring substituents is 1. The molecule has 2 fully saturated rings. The number of nitrogens with one attached hydrogen (secondary N) is 1. The van der Waals surface area contributed by atoms with Gasteiger partial charge in [-0.05, 0) is 54.4 Å². The highest BCUT2D eigenvalue weighted by Crippen LogP contribution is 2.49. The Morgan fingerprint density at radius 3 is 2.35 bits per heavy atom. The maximum Gasteiger partial charge on any atom is 0.338 e. The summed E-state index contributed by atoms with van der Waals surface area (Å²) in [6.07, 6.45) is 5.38. The number of hydrogen-bond donors (Lipinski definition) is 1. The van der Waals surface area contributed by atoms with Crippen molar-refractivity contribution in [2.45, 2.75) is 31.8 Å². The highest BCUT2D eigenvalue weighted by Gasteiger charge is 2.64. The molecule has 3 amide bonds. The van der Waals surface area contributed by atoms with Gasteiger partial charge < -0.3 is 15.0 Å². The average molecular weight is 581 g/mol. The van der Waals surface area contributed by atoms with Gasteiger partial charge in [-0.15, -0.1) is 0 Å². The fraction of sp³-hybridized carbons (Fsp3) is 0.250. The number of esters is 1. The number of carbonyl (C=O) groups is 4. The number of nitro groups is 1. The van der Waals surface area contributed by atoms with E-state index in [0.29, 0.717) is 23.5 Å². The van der Waals surface area contributed by atoms with Gasteiger partial charge in [0.15, 0.2) is 0 Å². The van der Waals surface area contributed by atoms with E-state index < -0.39 is 52.5 Å². The first-order valence-corrected chi connectivity index (χ1v) is 14.1. The maximum atomic E-state index is 14.0. The van der Waals surface area contributed by atoms with E-state index in [1.807, 2.05) is 48.2 Å². The van der Waals surface area contributed by atoms with Crippen LogP contribution in [-0.4, -0.2) is 47.3 Å². The first-order valence-electron chi connectivity index (χ1n) is 14.1. The number of fused-ring (bicyclic) bond motifs is 5. The number of amides is 3. The Balaban J connectivity index is 1.32. The molecule has 0 bridgehead atoms. The molecule has 3 aromatic rings. The van der Waals surface area contributed by atoms with Crippen LogP contribution in [0.1, 0.15) is 35.7 Å². The predicted octanol–water partition coefficient (Wildman–Crippen LogP) is 4.58. The highest BCUT2D eigenvalue weighted by atomic mass is 16.6. The quantitative estimate of drug-likeness (QED) is 0.134. The van der Waals surface area contributed by atoms with Crippen LogP contribution < -0.4 is 15.1 Å². The highest BCUT2D eigenvalue weighted by molar-refractivity contribution is 6.25. The normalized spacial score (nSPS) is 21.7. The van der Waals surface area contributed by atoms with Gasteiger partial charge in [-0.3, -0.25) is 24.5 Å². The Labute approximate surface area is 246 Å². The zero-order valence-corrected chi connectivity index (χ0v) is 23.2. The Kier molecular flexibility index (Phi) is 7.22. The van der Waals surface area contributed by atoms with Crippen LogP contribution in [0, 0.1) is 22.0 Å². The molecule has 3 heterocycles. The molecule has 0 radical (unpaired) electrons. The van der Waals surface area contributed by atoms with Gasteiger partial charge in [0.2, 0.25) is 17.7 Å². The number of nitrogens with zero attached hydrogens (tertiary/aromatic N) is 3. The molecule has 3 aromatic carbocycles. The van der Waals surface area contributed by atoms with Gasteiger partial charge in [0, 0.05) is 23.5 Å². The topological polar surface area (TPSA) is 139 Å². The van der Waals surface area contributed by atoms with Gasteiger partial charge in [-0.25, -0.2) is 9.69 Å². The zero-order valence-electron chi connectivity index (χ0n) is 23.2. The monoisotopic (exact) mass is 580 g/mol. The van der Waals surface area contributed by atoms with Crippen molar-refractivity contribution >= 4 is 52.5 Å². The lowest BCUT2D eigenvalue weighted by molar-refractivity contribution is -0.384. The Morgan fingerprint density at radius 2 is 1.65 bits per heavy atom. The molecule has 2 saturated heterocycles. The summed E-state index contributed by atoms with van der Waals surface area (Å²) >= 11 is 0. The predicted molar refractivity (Wildman–Crippen MR) is 158 cm³/mol. The summed E-state index contributed by atoms with van der Waals surface area (Å²) in [6, 6.07) is 17.4. The van der Waals surface area contributed by atoms with Crippen LogP contribution in [0.4, 0.5) is 22.7 Å². The van der Waals surface area contributed by atoms with Crippen LogP contribution in [0.3, 0.4) is 0 Å². The summed E-state index contributed by atoms with van der Waals surface area (Å²) in [6.45, 7) is 2.30. The number of hydrogen-bond acceptors (Lipinski definition) is 8. The standard InChI is InChI=1S/C32H28N4O7/c1-2-3-18-43-32(40)20-8-13-22(14-9-20)34-30(38)26-25-17-10-19-6-4-5-7-24(19)35(25)28(27(26)31(34)39)29(37)33-21-11-15-23(16-12-21)36(41)42/h4-17,25-28H,2-3,18H2,1H3,(H,33,37). The number of benzene rings is 3. The third kappa shape index (κ3) is 4.82. The van der Waals surface area contributed by atoms with E-state index >= 15 is 0 Å². The molecule has 1 N–H and O–H groups in total. The minimum Gasteiger partial charge on any atom is -0.462 e. The fourth-order valence-corrected chi connectivity index (χ4v) is 6.09. The molecule has 4 atom stereocenters. The third-order valence-corrected chi connectivity index (χ3v) is 8.12. The first-order chi connectivity index (χ1) is 20.8. The number of anilines is 3. The summed E-state index contributed by atoms with van der Waals surface area (Å²) in [4.78, 5) is 67.7. The summed E-state index contributed by atoms with van der Waals surface area (Å²) < 4.78 is 5.25. The molecule has 6 rings (SSSR count). The van der Waals surface area contributed by atoms with Crippen LogP contribution in [0.15, 0.2) is 78.9 Å². The van der Waals surface area contributed by atoms with E-state index in [2.05, 4.69) is 5.32 Å². The van der Waals surface area contributed by atoms with Crippen LogP contribution in [0.25, 0.3) is 6.08 Å². The van der Waals surface area contributed by atoms with Crippen molar-refractivity contribution in [1.29, 1.82) is 0 Å². The number of rotatable bonds is 8. The molecule has 4 unspecified atom stereocenters. The minimum absolute atomic E-state index is 0.124. The van der Waals surface area contributed by atoms with Crippen LogP contribution in [-0.2, 0) is 19.1 Å². The molecule has 0 spiro atoms. The summed E-state index contributed by atoms with van der Waals surface area (Å²) in [7, 11) is 0. The average Bonchev–Trinajstić information content (AvgIpc) is 3.50. The summed E-state index contributed by atoms with van der Waals surface area (Å²) in [5, 5.41) is 13.9. The smallest absolute Gasteiger partial charge is 0.338 e. The first kappa shape index (κ1) is 27.8. The molecule has 11 nitrogen and oxygen atoms in total. The van der Waals surface area contributed by atoms with Gasteiger partial charge >= 0.3 is 5.97 Å². The van der Waals surface area contributed by atoms with E-state index in [9.17, 15) is 29.3 Å². The molecule has 218 valence electrons. The molecule has 0 aromatic heterocycles. The largest absolute Gasteiger partial charge is 0.462 e. The zero-order chi connectivity index (χ0) is 30.2. The molecule has 3 aliphatic heterocycles. The van der Waals surface area contributed by atoms with Gasteiger partial charge in [-0.2, -0.15) is 0 Å². The SMILES string of the molecule is CCCCOC(=O)c1ccc(N2C(=O)C3C(C2=O)C(C(=O)Nc2ccc([N+](=O)[O-])cc2)N2c4ccccc4C=CC32)cc1. The fourth-order valence-electron chi connectivity index (χ4n) is 6.09. The van der Waals surface area contributed by atoms with Gasteiger partial charge in [0.05, 0.1) is 40.7 Å². The number of non-ortho nitro benzene ring substituents is 1. The second kappa shape index (κ2) is 11.2. The maximum absolute atomic E-state index is 14.0. The van der Waals surface area contributed by atoms with E-state index in [1.165, 1.54) is 48.5 Å². The Morgan fingerprint density at radius 1 is 0.953 bits per heavy atom. The van der Waals surface area contributed by atoms with Crippen LogP contribution in [0.2, 0.25) is 0 Å². The minimum atomic E-state index is -1.04. The molecule has 43 heavy (non-hydrogen) atoms. The van der Waals surface area contributed by atoms with Gasteiger partial charge in [0.1, 0.15) is 6.04 Å². The lowest BCUT2D eigenvalue weighted by Gasteiger charge is -2.36. The van der Waals surface area contributed by atoms with Crippen molar-refractivity contribution in [3.8, 4) is 0 Å². The second-order valence-electron chi connectivity index (χ2n) is 10.7. The number of unbranched alkanes of at least 4 members (excludes halogenated alkanes) is 1. The number of para-hydroxylation sites is 1. The van der Waals surface area contributed by atoms with E-state index in [-0.39, 0.29) is 5.69 Å². The molecular formula is C32H28N4O7. The van der Waals surface area contributed by atoms with Crippen molar-refractivity contribution in [1.82, 2.24) is 0 Å². The van der Waals surface area contributed by atoms with Crippen molar-refractivity contribution in [3.63, 3.8) is 0 Å². The molecule has 3 aliphatic rings. The lowest BCUT2D eigenvalue weighted by atomic mass is 9.88. The van der Waals surface area contributed by atoms with Crippen LogP contribution >= 0.6 is 0 Å². The van der Waals surface area contributed by atoms with Gasteiger partial charge in [-0.1, -0.05) is 43.7 Å². The molecular weight excluding hydrogens is 552 g/mol. The van der Waals surface area contributed by atoms with Crippen LogP contribution in [0.5, 0.6) is 0 Å². The van der Waals surface area contributed by atoms with Crippen molar-refractivity contribution < 1.29 is 28.8 Å². The number of ether oxygens (including phenoxy) is 1. The lowest BCUT2D eigenvalue weighted by Crippen LogP contribution is -2.50. The molecule has 11 heteroatoms. The van der Waals surface area contributed by atoms with Crippen molar-refractivity contribution in [2.75, 3.05) is 21.7 Å². The van der Waals surface area contributed by atoms with E-state index in [1.54, 1.807) is 0 Å². The van der Waals surface area contributed by atoms with E-state index in [4.69, 9.17) is 4.74 Å². The third-order valence-electron chi connectivity index (χ3n) is 8.12. The van der Waals surface area contributed by atoms with E-state index in [0.717, 1.165) is 29.0 Å². The molecule has 0 aliphatic carbocycles. The summed E-state index contributed by atoms with van der Waals surface area (Å²) in [5.41, 5.74) is 2.39. The van der Waals surface area contributed by atoms with Gasteiger partial charge in [0.25, 0.3) is 5.69 Å². The number of imide groups is 1. The second-order valence-corrected chi connectivity index (χ2v) is 10.7. The Hall–Kier alpha value is -5.32. The van der Waals surface area contributed by atoms with Crippen molar-refractivity contribution in [3.05, 3.63) is 100 Å².